The highest BCUT2D eigenvalue weighted by Crippen LogP contribution is 2.59. The Kier molecular flexibility index (Phi) is 3.21. The van der Waals surface area contributed by atoms with Crippen LogP contribution < -0.4 is 0 Å². The summed E-state index contributed by atoms with van der Waals surface area (Å²) in [5.74, 6) is 0.882. The molecule has 0 heterocycles. The highest BCUT2D eigenvalue weighted by Gasteiger charge is 2.46. The number of benzene rings is 1. The van der Waals surface area contributed by atoms with Crippen LogP contribution in [0.5, 0.6) is 0 Å². The molecule has 0 unspecified atom stereocenters. The Balaban J connectivity index is 2.00. The zero-order chi connectivity index (χ0) is 15.6. The average molecular weight is 359 g/mol. The first kappa shape index (κ1) is 14.7. The second-order valence-corrected chi connectivity index (χ2v) is 8.41. The van der Waals surface area contributed by atoms with Crippen molar-refractivity contribution in [2.75, 3.05) is 0 Å². The molecule has 2 heteroatoms. The summed E-state index contributed by atoms with van der Waals surface area (Å²) < 4.78 is 1.26. The Morgan fingerprint density at radius 1 is 1.36 bits per heavy atom. The fourth-order valence-electron chi connectivity index (χ4n) is 4.59. The van der Waals surface area contributed by atoms with Gasteiger partial charge in [0.2, 0.25) is 0 Å². The molecule has 0 radical (unpaired) electrons. The minimum atomic E-state index is 0.287. The molecule has 0 N–H and O–H groups in total. The van der Waals surface area contributed by atoms with Crippen LogP contribution in [0.2, 0.25) is 0 Å². The molecule has 0 atom stereocenters. The van der Waals surface area contributed by atoms with Gasteiger partial charge >= 0.3 is 0 Å². The molecule has 2 bridgehead atoms. The van der Waals surface area contributed by atoms with Gasteiger partial charge in [-0.15, -0.1) is 0 Å². The first-order valence-electron chi connectivity index (χ1n) is 8.55. The van der Waals surface area contributed by atoms with E-state index in [4.69, 9.17) is 0 Å². The van der Waals surface area contributed by atoms with E-state index in [1.807, 2.05) is 6.92 Å². The summed E-state index contributed by atoms with van der Waals surface area (Å²) >= 11 is 3.94. The predicted molar refractivity (Wildman–Crippen MR) is 94.5 cm³/mol. The lowest BCUT2D eigenvalue weighted by atomic mass is 9.55. The fraction of sp³-hybridized carbons (Fsp3) is 0.550. The van der Waals surface area contributed by atoms with Gasteiger partial charge in [0.15, 0.2) is 5.78 Å². The van der Waals surface area contributed by atoms with Crippen molar-refractivity contribution in [3.05, 3.63) is 38.4 Å². The molecule has 0 aliphatic heterocycles. The third-order valence-electron chi connectivity index (χ3n) is 6.18. The van der Waals surface area contributed by atoms with Crippen molar-refractivity contribution in [2.45, 2.75) is 70.6 Å². The van der Waals surface area contributed by atoms with Crippen LogP contribution in [-0.2, 0) is 5.41 Å². The van der Waals surface area contributed by atoms with E-state index in [9.17, 15) is 4.79 Å². The van der Waals surface area contributed by atoms with Crippen LogP contribution in [0.15, 0.2) is 16.1 Å². The van der Waals surface area contributed by atoms with Gasteiger partial charge in [0.1, 0.15) is 0 Å². The molecule has 4 aliphatic rings. The first-order valence-corrected chi connectivity index (χ1v) is 9.34. The van der Waals surface area contributed by atoms with E-state index in [0.717, 1.165) is 5.56 Å². The van der Waals surface area contributed by atoms with Crippen LogP contribution in [0.4, 0.5) is 0 Å². The lowest BCUT2D eigenvalue weighted by Crippen LogP contribution is -2.39. The molecule has 1 nitrogen and oxygen atoms in total. The van der Waals surface area contributed by atoms with Crippen LogP contribution in [-0.4, -0.2) is 5.78 Å². The molecular formula is C20H23BrO. The number of allylic oxidation sites excluding steroid dienone is 2. The second kappa shape index (κ2) is 4.80. The standard InChI is InChI=1S/C20H23BrO/c1-4-16(22)15-8-14-11(2)13-9-20(3,10-13)18(14)19(21)17(15)12-6-5-7-12/h8,12H,4-7,9-10H2,1-3H3. The van der Waals surface area contributed by atoms with Crippen molar-refractivity contribution in [2.24, 2.45) is 0 Å². The quantitative estimate of drug-likeness (QED) is 0.592. The van der Waals surface area contributed by atoms with Crippen molar-refractivity contribution < 1.29 is 4.79 Å². The zero-order valence-electron chi connectivity index (χ0n) is 13.7. The van der Waals surface area contributed by atoms with Gasteiger partial charge in [-0.25, -0.2) is 0 Å². The molecule has 0 amide bonds. The molecule has 0 aromatic heterocycles. The van der Waals surface area contributed by atoms with Crippen LogP contribution >= 0.6 is 15.9 Å². The summed E-state index contributed by atoms with van der Waals surface area (Å²) in [6, 6.07) is 2.23. The molecule has 1 aromatic rings. The fourth-order valence-corrected chi connectivity index (χ4v) is 5.82. The first-order chi connectivity index (χ1) is 10.5. The SMILES string of the molecule is CCC(=O)c1cc2c(c(Br)c1C1CCC1)C1(C)CC(=C2C)C1. The maximum atomic E-state index is 12.6. The van der Waals surface area contributed by atoms with Gasteiger partial charge in [0, 0.05) is 21.9 Å². The minimum Gasteiger partial charge on any atom is -0.294 e. The Labute approximate surface area is 141 Å². The van der Waals surface area contributed by atoms with E-state index in [2.05, 4.69) is 35.8 Å². The molecule has 2 fully saturated rings. The van der Waals surface area contributed by atoms with Gasteiger partial charge in [-0.1, -0.05) is 41.8 Å². The van der Waals surface area contributed by atoms with Crippen molar-refractivity contribution in [1.82, 2.24) is 0 Å². The summed E-state index contributed by atoms with van der Waals surface area (Å²) in [4.78, 5) is 12.6. The lowest BCUT2D eigenvalue weighted by molar-refractivity contribution is 0.0986. The highest BCUT2D eigenvalue weighted by molar-refractivity contribution is 9.10. The molecule has 0 spiro atoms. The number of carbonyl (C=O) groups excluding carboxylic acids is 1. The molecule has 116 valence electrons. The minimum absolute atomic E-state index is 0.287. The van der Waals surface area contributed by atoms with E-state index in [-0.39, 0.29) is 5.41 Å². The average Bonchev–Trinajstić information content (AvgIpc) is 2.40. The van der Waals surface area contributed by atoms with Gasteiger partial charge < -0.3 is 0 Å². The monoisotopic (exact) mass is 358 g/mol. The van der Waals surface area contributed by atoms with Gasteiger partial charge in [0.25, 0.3) is 0 Å². The van der Waals surface area contributed by atoms with Crippen LogP contribution in [0.3, 0.4) is 0 Å². The Morgan fingerprint density at radius 3 is 2.59 bits per heavy atom. The molecule has 0 saturated heterocycles. The number of Topliss-reactive ketones (excluding diaryl/α,β-unsaturated/α-hetero) is 1. The van der Waals surface area contributed by atoms with Crippen molar-refractivity contribution >= 4 is 27.3 Å². The number of halogens is 1. The number of hydrogen-bond donors (Lipinski definition) is 0. The topological polar surface area (TPSA) is 17.1 Å². The van der Waals surface area contributed by atoms with Crippen molar-refractivity contribution in [1.29, 1.82) is 0 Å². The molecule has 2 saturated carbocycles. The Morgan fingerprint density at radius 2 is 2.05 bits per heavy atom. The number of ketones is 1. The summed E-state index contributed by atoms with van der Waals surface area (Å²) in [6.07, 6.45) is 6.77. The van der Waals surface area contributed by atoms with Crippen molar-refractivity contribution in [3.63, 3.8) is 0 Å². The largest absolute Gasteiger partial charge is 0.294 e. The third-order valence-corrected chi connectivity index (χ3v) is 7.01. The molecule has 4 aliphatic carbocycles. The normalized spacial score (nSPS) is 22.0. The van der Waals surface area contributed by atoms with Crippen LogP contribution in [0.1, 0.15) is 92.3 Å². The smallest absolute Gasteiger partial charge is 0.162 e. The zero-order valence-corrected chi connectivity index (χ0v) is 15.3. The van der Waals surface area contributed by atoms with Gasteiger partial charge in [-0.2, -0.15) is 0 Å². The Bertz CT molecular complexity index is 714. The van der Waals surface area contributed by atoms with Gasteiger partial charge in [-0.3, -0.25) is 4.79 Å². The van der Waals surface area contributed by atoms with E-state index < -0.39 is 0 Å². The Hall–Kier alpha value is -0.890. The molecule has 5 rings (SSSR count). The lowest BCUT2D eigenvalue weighted by Gasteiger charge is -2.49. The number of hydrogen-bond acceptors (Lipinski definition) is 1. The summed E-state index contributed by atoms with van der Waals surface area (Å²) in [6.45, 7) is 6.60. The summed E-state index contributed by atoms with van der Waals surface area (Å²) in [5.41, 5.74) is 8.42. The summed E-state index contributed by atoms with van der Waals surface area (Å²) in [5, 5.41) is 0. The molecule has 1 aromatic carbocycles. The van der Waals surface area contributed by atoms with Crippen molar-refractivity contribution in [3.8, 4) is 0 Å². The third kappa shape index (κ3) is 1.79. The summed E-state index contributed by atoms with van der Waals surface area (Å²) in [7, 11) is 0. The van der Waals surface area contributed by atoms with Gasteiger partial charge in [-0.05, 0) is 66.9 Å². The predicted octanol–water partition coefficient (Wildman–Crippen LogP) is 6.15. The maximum Gasteiger partial charge on any atom is 0.162 e. The van der Waals surface area contributed by atoms with E-state index in [1.165, 1.54) is 58.8 Å². The second-order valence-electron chi connectivity index (χ2n) is 7.62. The highest BCUT2D eigenvalue weighted by atomic mass is 79.9. The van der Waals surface area contributed by atoms with Gasteiger partial charge in [0.05, 0.1) is 0 Å². The molecule has 22 heavy (non-hydrogen) atoms. The number of carbonyl (C=O) groups is 1. The van der Waals surface area contributed by atoms with E-state index in [0.29, 0.717) is 18.1 Å². The van der Waals surface area contributed by atoms with Crippen LogP contribution in [0, 0.1) is 0 Å². The van der Waals surface area contributed by atoms with E-state index in [1.54, 1.807) is 5.57 Å². The maximum absolute atomic E-state index is 12.6. The van der Waals surface area contributed by atoms with Crippen LogP contribution in [0.25, 0.3) is 5.57 Å². The number of rotatable bonds is 3. The molecular weight excluding hydrogens is 336 g/mol. The van der Waals surface area contributed by atoms with E-state index >= 15 is 0 Å².